The number of pyridine rings is 1. The van der Waals surface area contributed by atoms with Crippen LogP contribution in [0.3, 0.4) is 0 Å². The normalized spacial score (nSPS) is 11.2. The Balaban J connectivity index is 2.23. The minimum Gasteiger partial charge on any atom is -0.332 e. The molecule has 2 aromatic heterocycles. The van der Waals surface area contributed by atoms with Crippen LogP contribution in [0.1, 0.15) is 18.9 Å². The van der Waals surface area contributed by atoms with Gasteiger partial charge in [-0.05, 0) is 42.7 Å². The number of hydrogen-bond acceptors (Lipinski definition) is 3. The van der Waals surface area contributed by atoms with E-state index in [9.17, 15) is 0 Å². The van der Waals surface area contributed by atoms with Gasteiger partial charge in [0.25, 0.3) is 0 Å². The van der Waals surface area contributed by atoms with Crippen LogP contribution in [-0.2, 0) is 13.1 Å². The SMILES string of the molecule is CCNCc1cn(CCCSC)c2ncccc12. The van der Waals surface area contributed by atoms with Gasteiger partial charge in [0, 0.05) is 30.9 Å². The molecule has 98 valence electrons. The minimum absolute atomic E-state index is 0.925. The fourth-order valence-electron chi connectivity index (χ4n) is 2.15. The lowest BCUT2D eigenvalue weighted by Gasteiger charge is -2.02. The standard InChI is InChI=1S/C14H21N3S/c1-3-15-10-12-11-17(8-5-9-18-2)14-13(12)6-4-7-16-14/h4,6-7,11,15H,3,5,8-10H2,1-2H3. The van der Waals surface area contributed by atoms with Crippen molar-refractivity contribution in [3.63, 3.8) is 0 Å². The summed E-state index contributed by atoms with van der Waals surface area (Å²) in [5.41, 5.74) is 2.47. The number of nitrogens with one attached hydrogen (secondary N) is 1. The van der Waals surface area contributed by atoms with Gasteiger partial charge in [0.15, 0.2) is 0 Å². The molecule has 0 aliphatic rings. The summed E-state index contributed by atoms with van der Waals surface area (Å²) in [7, 11) is 0. The summed E-state index contributed by atoms with van der Waals surface area (Å²) in [6, 6.07) is 4.18. The van der Waals surface area contributed by atoms with Gasteiger partial charge in [-0.1, -0.05) is 6.92 Å². The number of fused-ring (bicyclic) bond motifs is 1. The molecule has 18 heavy (non-hydrogen) atoms. The maximum atomic E-state index is 4.52. The van der Waals surface area contributed by atoms with Crippen LogP contribution in [0.5, 0.6) is 0 Å². The molecule has 2 aromatic rings. The molecule has 0 spiro atoms. The Kier molecular flexibility index (Phi) is 5.08. The smallest absolute Gasteiger partial charge is 0.140 e. The molecule has 4 heteroatoms. The molecule has 2 rings (SSSR count). The zero-order valence-corrected chi connectivity index (χ0v) is 12.0. The summed E-state index contributed by atoms with van der Waals surface area (Å²) in [5, 5.41) is 4.67. The van der Waals surface area contributed by atoms with Gasteiger partial charge < -0.3 is 9.88 Å². The molecule has 0 unspecified atom stereocenters. The Bertz CT molecular complexity index is 493. The van der Waals surface area contributed by atoms with Gasteiger partial charge in [-0.15, -0.1) is 0 Å². The first kappa shape index (κ1) is 13.4. The number of aromatic nitrogens is 2. The molecule has 0 radical (unpaired) electrons. The van der Waals surface area contributed by atoms with Gasteiger partial charge in [-0.2, -0.15) is 11.8 Å². The highest BCUT2D eigenvalue weighted by molar-refractivity contribution is 7.98. The van der Waals surface area contributed by atoms with E-state index in [1.54, 1.807) is 0 Å². The van der Waals surface area contributed by atoms with Crippen molar-refractivity contribution in [1.82, 2.24) is 14.9 Å². The molecule has 3 nitrogen and oxygen atoms in total. The zero-order chi connectivity index (χ0) is 12.8. The average molecular weight is 263 g/mol. The molecule has 0 aromatic carbocycles. The van der Waals surface area contributed by atoms with E-state index in [-0.39, 0.29) is 0 Å². The second-order valence-electron chi connectivity index (χ2n) is 4.35. The van der Waals surface area contributed by atoms with Crippen LogP contribution in [0.2, 0.25) is 0 Å². The van der Waals surface area contributed by atoms with E-state index in [1.165, 1.54) is 23.1 Å². The first-order valence-corrected chi connectivity index (χ1v) is 7.88. The lowest BCUT2D eigenvalue weighted by molar-refractivity contribution is 0.689. The molecule has 0 atom stereocenters. The first-order chi connectivity index (χ1) is 8.86. The van der Waals surface area contributed by atoms with E-state index >= 15 is 0 Å². The highest BCUT2D eigenvalue weighted by Gasteiger charge is 2.08. The monoisotopic (exact) mass is 263 g/mol. The van der Waals surface area contributed by atoms with Crippen molar-refractivity contribution < 1.29 is 0 Å². The van der Waals surface area contributed by atoms with Crippen LogP contribution >= 0.6 is 11.8 Å². The summed E-state index contributed by atoms with van der Waals surface area (Å²) in [6.07, 6.45) is 7.48. The molecule has 0 aliphatic carbocycles. The molecule has 0 amide bonds. The number of rotatable bonds is 7. The number of nitrogens with zero attached hydrogens (tertiary/aromatic N) is 2. The number of thioether (sulfide) groups is 1. The number of aryl methyl sites for hydroxylation is 1. The largest absolute Gasteiger partial charge is 0.332 e. The molecule has 2 heterocycles. The third-order valence-electron chi connectivity index (χ3n) is 3.03. The molecule has 1 N–H and O–H groups in total. The van der Waals surface area contributed by atoms with Crippen molar-refractivity contribution in [3.05, 3.63) is 30.1 Å². The van der Waals surface area contributed by atoms with Crippen molar-refractivity contribution >= 4 is 22.8 Å². The molecule has 0 fully saturated rings. The lowest BCUT2D eigenvalue weighted by atomic mass is 10.2. The van der Waals surface area contributed by atoms with Gasteiger partial charge in [0.2, 0.25) is 0 Å². The minimum atomic E-state index is 0.925. The molecular formula is C14H21N3S. The maximum Gasteiger partial charge on any atom is 0.140 e. The van der Waals surface area contributed by atoms with E-state index in [0.29, 0.717) is 0 Å². The van der Waals surface area contributed by atoms with Crippen LogP contribution in [0.4, 0.5) is 0 Å². The third-order valence-corrected chi connectivity index (χ3v) is 3.73. The highest BCUT2D eigenvalue weighted by Crippen LogP contribution is 2.19. The van der Waals surface area contributed by atoms with E-state index in [1.807, 2.05) is 24.0 Å². The van der Waals surface area contributed by atoms with Crippen LogP contribution in [-0.4, -0.2) is 28.1 Å². The third kappa shape index (κ3) is 3.06. The van der Waals surface area contributed by atoms with Crippen molar-refractivity contribution in [2.75, 3.05) is 18.6 Å². The average Bonchev–Trinajstić information content (AvgIpc) is 2.76. The van der Waals surface area contributed by atoms with Gasteiger partial charge in [0.1, 0.15) is 5.65 Å². The predicted octanol–water partition coefficient (Wildman–Crippen LogP) is 2.90. The second-order valence-corrected chi connectivity index (χ2v) is 5.33. The summed E-state index contributed by atoms with van der Waals surface area (Å²) in [6.45, 7) is 5.12. The van der Waals surface area contributed by atoms with Crippen LogP contribution in [0.25, 0.3) is 11.0 Å². The van der Waals surface area contributed by atoms with Gasteiger partial charge in [-0.25, -0.2) is 4.98 Å². The van der Waals surface area contributed by atoms with E-state index in [2.05, 4.69) is 40.3 Å². The fraction of sp³-hybridized carbons (Fsp3) is 0.500. The van der Waals surface area contributed by atoms with Crippen molar-refractivity contribution in [3.8, 4) is 0 Å². The molecule has 0 saturated heterocycles. The summed E-state index contributed by atoms with van der Waals surface area (Å²) >= 11 is 1.90. The van der Waals surface area contributed by atoms with Gasteiger partial charge >= 0.3 is 0 Å². The van der Waals surface area contributed by atoms with E-state index < -0.39 is 0 Å². The lowest BCUT2D eigenvalue weighted by Crippen LogP contribution is -2.11. The van der Waals surface area contributed by atoms with Gasteiger partial charge in [0.05, 0.1) is 0 Å². The Morgan fingerprint density at radius 1 is 1.44 bits per heavy atom. The van der Waals surface area contributed by atoms with E-state index in [0.717, 1.165) is 25.3 Å². The van der Waals surface area contributed by atoms with Crippen LogP contribution in [0, 0.1) is 0 Å². The Morgan fingerprint density at radius 3 is 3.11 bits per heavy atom. The Labute approximate surface area is 113 Å². The number of hydrogen-bond donors (Lipinski definition) is 1. The Morgan fingerprint density at radius 2 is 2.33 bits per heavy atom. The summed E-state index contributed by atoms with van der Waals surface area (Å²) in [5.74, 6) is 1.20. The van der Waals surface area contributed by atoms with Crippen molar-refractivity contribution in [2.45, 2.75) is 26.4 Å². The van der Waals surface area contributed by atoms with Crippen LogP contribution < -0.4 is 5.32 Å². The maximum absolute atomic E-state index is 4.52. The fourth-order valence-corrected chi connectivity index (χ4v) is 2.56. The van der Waals surface area contributed by atoms with Crippen molar-refractivity contribution in [1.29, 1.82) is 0 Å². The van der Waals surface area contributed by atoms with Crippen LogP contribution in [0.15, 0.2) is 24.5 Å². The molecule has 0 saturated carbocycles. The topological polar surface area (TPSA) is 29.9 Å². The van der Waals surface area contributed by atoms with Crippen molar-refractivity contribution in [2.24, 2.45) is 0 Å². The first-order valence-electron chi connectivity index (χ1n) is 6.49. The Hall–Kier alpha value is -1.00. The molecule has 0 bridgehead atoms. The molecular weight excluding hydrogens is 242 g/mol. The molecule has 0 aliphatic heterocycles. The van der Waals surface area contributed by atoms with Gasteiger partial charge in [-0.3, -0.25) is 0 Å². The van der Waals surface area contributed by atoms with E-state index in [4.69, 9.17) is 0 Å². The highest BCUT2D eigenvalue weighted by atomic mass is 32.2. The summed E-state index contributed by atoms with van der Waals surface area (Å²) < 4.78 is 2.29. The predicted molar refractivity (Wildman–Crippen MR) is 80.1 cm³/mol. The summed E-state index contributed by atoms with van der Waals surface area (Å²) in [4.78, 5) is 4.52. The zero-order valence-electron chi connectivity index (χ0n) is 11.1. The second kappa shape index (κ2) is 6.81. The quantitative estimate of drug-likeness (QED) is 0.779.